The van der Waals surface area contributed by atoms with Crippen LogP contribution in [0.3, 0.4) is 0 Å². The van der Waals surface area contributed by atoms with Crippen LogP contribution in [-0.2, 0) is 9.53 Å². The van der Waals surface area contributed by atoms with Gasteiger partial charge in [0.2, 0.25) is 0 Å². The molecule has 0 radical (unpaired) electrons. The van der Waals surface area contributed by atoms with E-state index >= 15 is 0 Å². The number of carbonyl (C=O) groups excluding carboxylic acids is 4. The molecule has 0 aromatic heterocycles. The lowest BCUT2D eigenvalue weighted by Gasteiger charge is -2.02. The van der Waals surface area contributed by atoms with E-state index in [1.54, 1.807) is 48.5 Å². The summed E-state index contributed by atoms with van der Waals surface area (Å²) in [6, 6.07) is 18.8. The highest BCUT2D eigenvalue weighted by molar-refractivity contribution is 6.21. The number of rotatable bonds is 2. The second-order valence-electron chi connectivity index (χ2n) is 7.61. The van der Waals surface area contributed by atoms with Crippen LogP contribution in [0, 0.1) is 0 Å². The summed E-state index contributed by atoms with van der Waals surface area (Å²) in [6.45, 7) is 9.08. The molecule has 0 bridgehead atoms. The average molecular weight is 596 g/mol. The lowest BCUT2D eigenvalue weighted by molar-refractivity contribution is -0.134. The summed E-state index contributed by atoms with van der Waals surface area (Å²) >= 11 is 0. The van der Waals surface area contributed by atoms with Gasteiger partial charge in [0, 0.05) is 14.0 Å². The van der Waals surface area contributed by atoms with Crippen LogP contribution in [0.4, 0.5) is 0 Å². The van der Waals surface area contributed by atoms with Gasteiger partial charge in [-0.2, -0.15) is 0 Å². The minimum absolute atomic E-state index is 0.190. The molecule has 0 atom stereocenters. The number of fused-ring (bicyclic) bond motifs is 2. The van der Waals surface area contributed by atoms with Crippen LogP contribution in [0.2, 0.25) is 0 Å². The predicted molar refractivity (Wildman–Crippen MR) is 155 cm³/mol. The zero-order chi connectivity index (χ0) is 33.3. The number of carbonyl (C=O) groups is 7. The molecule has 3 N–H and O–H groups in total. The van der Waals surface area contributed by atoms with Crippen molar-refractivity contribution in [3.05, 3.63) is 106 Å². The highest BCUT2D eigenvalue weighted by Gasteiger charge is 2.31. The number of carboxylic acids is 3. The van der Waals surface area contributed by atoms with Crippen molar-refractivity contribution in [3.63, 3.8) is 0 Å². The Morgan fingerprint density at radius 2 is 0.814 bits per heavy atom. The van der Waals surface area contributed by atoms with Crippen LogP contribution in [0.5, 0.6) is 0 Å². The Balaban J connectivity index is 0.000000549. The summed E-state index contributed by atoms with van der Waals surface area (Å²) in [4.78, 5) is 75.3. The first-order valence-electron chi connectivity index (χ1n) is 12.9. The summed E-state index contributed by atoms with van der Waals surface area (Å²) in [7, 11) is 1.49. The van der Waals surface area contributed by atoms with Crippen molar-refractivity contribution in [3.8, 4) is 0 Å². The molecule has 3 aromatic carbocycles. The topological polar surface area (TPSA) is 193 Å². The summed E-state index contributed by atoms with van der Waals surface area (Å²) < 4.78 is 4.35. The second-order valence-corrected chi connectivity index (χ2v) is 7.61. The first-order chi connectivity index (χ1) is 20.4. The molecule has 228 valence electrons. The molecule has 5 rings (SSSR count). The third kappa shape index (κ3) is 10.7. The van der Waals surface area contributed by atoms with E-state index in [0.717, 1.165) is 11.8 Å². The Labute approximate surface area is 248 Å². The maximum Gasteiger partial charge on any atom is 0.346 e. The Bertz CT molecular complexity index is 1370. The fraction of sp³-hybridized carbons (Fsp3) is 0.194. The van der Waals surface area contributed by atoms with Gasteiger partial charge in [0.1, 0.15) is 0 Å². The van der Waals surface area contributed by atoms with Crippen LogP contribution in [0.1, 0.15) is 96.8 Å². The minimum atomic E-state index is -1.23. The molecule has 2 heterocycles. The number of aliphatic carboxylic acids is 1. The first-order valence-corrected chi connectivity index (χ1v) is 12.9. The lowest BCUT2D eigenvalue weighted by atomic mass is 10.1. The van der Waals surface area contributed by atoms with Crippen LogP contribution >= 0.6 is 0 Å². The molecule has 2 aliphatic rings. The summed E-state index contributed by atoms with van der Waals surface area (Å²) in [5.41, 5.74) is 1.35. The van der Waals surface area contributed by atoms with Crippen molar-refractivity contribution >= 4 is 41.7 Å². The predicted octanol–water partition coefficient (Wildman–Crippen LogP) is 5.14. The molecule has 0 aliphatic carbocycles. The highest BCUT2D eigenvalue weighted by atomic mass is 16.6. The molecular formula is C31H33NO11. The third-order valence-electron chi connectivity index (χ3n) is 4.94. The normalized spacial score (nSPS) is 11.4. The SMILES string of the molecule is CC.CC.CC(=O)O.CN1C(=O)c2ccccc2C1=O.O=C(O)c1ccccc1C(=O)O.O=C1OC(=O)c2ccccc21. The largest absolute Gasteiger partial charge is 0.481 e. The molecule has 0 saturated carbocycles. The van der Waals surface area contributed by atoms with Gasteiger partial charge >= 0.3 is 23.9 Å². The smallest absolute Gasteiger partial charge is 0.346 e. The molecule has 0 saturated heterocycles. The van der Waals surface area contributed by atoms with Crippen molar-refractivity contribution in [2.45, 2.75) is 34.6 Å². The molecule has 12 heteroatoms. The number of imide groups is 1. The van der Waals surface area contributed by atoms with Crippen molar-refractivity contribution in [1.29, 1.82) is 0 Å². The molecule has 0 unspecified atom stereocenters. The van der Waals surface area contributed by atoms with Crippen LogP contribution < -0.4 is 0 Å². The quantitative estimate of drug-likeness (QED) is 0.202. The number of nitrogens with zero attached hydrogens (tertiary/aromatic N) is 1. The molecule has 12 nitrogen and oxygen atoms in total. The van der Waals surface area contributed by atoms with E-state index < -0.39 is 29.8 Å². The summed E-state index contributed by atoms with van der Waals surface area (Å²) in [5.74, 6) is -4.82. The van der Waals surface area contributed by atoms with E-state index in [9.17, 15) is 28.8 Å². The van der Waals surface area contributed by atoms with Gasteiger partial charge < -0.3 is 20.1 Å². The summed E-state index contributed by atoms with van der Waals surface area (Å²) in [6.07, 6.45) is 0. The Kier molecular flexibility index (Phi) is 16.2. The molecule has 0 fully saturated rings. The molecular weight excluding hydrogens is 562 g/mol. The standard InChI is InChI=1S/C9H7NO2.C8H6O4.C8H4O3.C2H4O2.2C2H6/c1-10-8(11)6-4-2-3-5-7(6)9(10)12;9-7(10)5-3-1-2-4-6(5)8(11)12;9-7-5-3-1-2-4-6(5)8(10)11-7;1-2(3)4;2*1-2/h2-5H,1H3;1-4H,(H,9,10)(H,11,12);1-4H;1H3,(H,3,4);2*1-2H3. The number of ether oxygens (including phenoxy) is 1. The number of amides is 2. The van der Waals surface area contributed by atoms with Crippen molar-refractivity contribution < 1.29 is 53.6 Å². The molecule has 2 aliphatic heterocycles. The molecule has 43 heavy (non-hydrogen) atoms. The van der Waals surface area contributed by atoms with Gasteiger partial charge in [-0.15, -0.1) is 0 Å². The Morgan fingerprint density at radius 1 is 0.558 bits per heavy atom. The van der Waals surface area contributed by atoms with E-state index in [-0.39, 0.29) is 22.9 Å². The average Bonchev–Trinajstić information content (AvgIpc) is 3.42. The van der Waals surface area contributed by atoms with Crippen molar-refractivity contribution in [2.24, 2.45) is 0 Å². The van der Waals surface area contributed by atoms with Crippen molar-refractivity contribution in [1.82, 2.24) is 4.90 Å². The van der Waals surface area contributed by atoms with Crippen LogP contribution in [0.15, 0.2) is 72.8 Å². The van der Waals surface area contributed by atoms with E-state index in [1.165, 1.54) is 31.3 Å². The second kappa shape index (κ2) is 18.7. The Morgan fingerprint density at radius 3 is 1.09 bits per heavy atom. The fourth-order valence-electron chi connectivity index (χ4n) is 3.20. The van der Waals surface area contributed by atoms with Crippen LogP contribution in [-0.4, -0.2) is 68.9 Å². The zero-order valence-electron chi connectivity index (χ0n) is 24.5. The number of benzene rings is 3. The van der Waals surface area contributed by atoms with E-state index in [1.807, 2.05) is 27.7 Å². The summed E-state index contributed by atoms with van der Waals surface area (Å²) in [5, 5.41) is 24.5. The fourth-order valence-corrected chi connectivity index (χ4v) is 3.20. The number of aromatic carboxylic acids is 2. The first kappa shape index (κ1) is 37.4. The maximum absolute atomic E-state index is 11.3. The monoisotopic (exact) mass is 595 g/mol. The van der Waals surface area contributed by atoms with Gasteiger partial charge in [0.15, 0.2) is 0 Å². The number of cyclic esters (lactones) is 2. The van der Waals surface area contributed by atoms with Crippen LogP contribution in [0.25, 0.3) is 0 Å². The molecule has 0 spiro atoms. The van der Waals surface area contributed by atoms with Gasteiger partial charge in [-0.25, -0.2) is 19.2 Å². The van der Waals surface area contributed by atoms with Gasteiger partial charge in [-0.3, -0.25) is 19.3 Å². The molecule has 3 aromatic rings. The third-order valence-corrected chi connectivity index (χ3v) is 4.94. The lowest BCUT2D eigenvalue weighted by Crippen LogP contribution is -2.24. The number of hydrogen-bond donors (Lipinski definition) is 3. The van der Waals surface area contributed by atoms with E-state index in [0.29, 0.717) is 22.3 Å². The van der Waals surface area contributed by atoms with Gasteiger partial charge in [0.05, 0.1) is 33.4 Å². The number of esters is 2. The van der Waals surface area contributed by atoms with Crippen molar-refractivity contribution in [2.75, 3.05) is 7.05 Å². The minimum Gasteiger partial charge on any atom is -0.481 e. The maximum atomic E-state index is 11.3. The number of carboxylic acid groups (broad SMARTS) is 3. The van der Waals surface area contributed by atoms with Gasteiger partial charge in [-0.1, -0.05) is 64.1 Å². The molecule has 2 amide bonds. The van der Waals surface area contributed by atoms with Gasteiger partial charge in [-0.05, 0) is 36.4 Å². The Hall–Kier alpha value is -5.65. The van der Waals surface area contributed by atoms with Gasteiger partial charge in [0.25, 0.3) is 17.8 Å². The van der Waals surface area contributed by atoms with E-state index in [2.05, 4.69) is 4.74 Å². The zero-order valence-corrected chi connectivity index (χ0v) is 24.5. The number of hydrogen-bond acceptors (Lipinski definition) is 8. The highest BCUT2D eigenvalue weighted by Crippen LogP contribution is 2.20. The van der Waals surface area contributed by atoms with E-state index in [4.69, 9.17) is 20.1 Å².